The van der Waals surface area contributed by atoms with E-state index in [-0.39, 0.29) is 11.8 Å². The molecule has 0 bridgehead atoms. The van der Waals surface area contributed by atoms with E-state index in [0.717, 1.165) is 40.7 Å². The van der Waals surface area contributed by atoms with Crippen LogP contribution in [-0.2, 0) is 11.2 Å². The summed E-state index contributed by atoms with van der Waals surface area (Å²) in [6.45, 7) is 0. The van der Waals surface area contributed by atoms with Crippen LogP contribution < -0.4 is 10.1 Å². The Morgan fingerprint density at radius 2 is 1.73 bits per heavy atom. The highest BCUT2D eigenvalue weighted by Gasteiger charge is 2.20. The van der Waals surface area contributed by atoms with Gasteiger partial charge >= 0.3 is 0 Å². The molecular formula is C26H26N2O2. The van der Waals surface area contributed by atoms with Crippen LogP contribution in [-0.4, -0.2) is 18.0 Å². The van der Waals surface area contributed by atoms with Crippen LogP contribution >= 0.6 is 0 Å². The van der Waals surface area contributed by atoms with Crippen molar-refractivity contribution >= 4 is 22.5 Å². The number of H-pyrrole nitrogens is 1. The van der Waals surface area contributed by atoms with Gasteiger partial charge in [0.05, 0.1) is 7.11 Å². The minimum absolute atomic E-state index is 0.0245. The lowest BCUT2D eigenvalue weighted by atomic mass is 9.89. The smallest absolute Gasteiger partial charge is 0.224 e. The molecular weight excluding hydrogens is 372 g/mol. The third-order valence-electron chi connectivity index (χ3n) is 5.47. The lowest BCUT2D eigenvalue weighted by Gasteiger charge is -2.17. The Bertz CT molecular complexity index is 1100. The number of para-hydroxylation sites is 1. The number of anilines is 1. The summed E-state index contributed by atoms with van der Waals surface area (Å²) in [6, 6.07) is 26.1. The quantitative estimate of drug-likeness (QED) is 0.387. The minimum Gasteiger partial charge on any atom is -0.497 e. The van der Waals surface area contributed by atoms with Crippen molar-refractivity contribution in [2.24, 2.45) is 0 Å². The lowest BCUT2D eigenvalue weighted by molar-refractivity contribution is -0.116. The first kappa shape index (κ1) is 19.8. The summed E-state index contributed by atoms with van der Waals surface area (Å²) in [5.74, 6) is 0.935. The van der Waals surface area contributed by atoms with E-state index >= 15 is 0 Å². The van der Waals surface area contributed by atoms with Crippen molar-refractivity contribution in [2.75, 3.05) is 12.4 Å². The van der Waals surface area contributed by atoms with Gasteiger partial charge in [-0.25, -0.2) is 0 Å². The summed E-state index contributed by atoms with van der Waals surface area (Å²) in [6.07, 6.45) is 4.26. The standard InChI is InChI=1S/C26H26N2O2/c1-30-22-14-15-25-23(17-22)24(18-27-25)20(13-12-19-8-4-2-5-9-19)16-26(29)28-21-10-6-3-7-11-21/h2-11,14-15,17-18,20,27H,12-13,16H2,1H3,(H,28,29)/t20-/m1/s1. The zero-order chi connectivity index (χ0) is 20.8. The molecule has 1 atom stereocenters. The van der Waals surface area contributed by atoms with Gasteiger partial charge in [0.15, 0.2) is 0 Å². The second kappa shape index (κ2) is 9.31. The van der Waals surface area contributed by atoms with E-state index in [2.05, 4.69) is 34.6 Å². The van der Waals surface area contributed by atoms with Crippen LogP contribution in [0.4, 0.5) is 5.69 Å². The first-order valence-corrected chi connectivity index (χ1v) is 10.3. The number of carbonyl (C=O) groups excluding carboxylic acids is 1. The SMILES string of the molecule is COc1ccc2[nH]cc([C@H](CCc3ccccc3)CC(=O)Nc3ccccc3)c2c1. The third-order valence-corrected chi connectivity index (χ3v) is 5.47. The molecule has 3 aromatic carbocycles. The highest BCUT2D eigenvalue weighted by atomic mass is 16.5. The van der Waals surface area contributed by atoms with Crippen molar-refractivity contribution in [3.8, 4) is 5.75 Å². The fraction of sp³-hybridized carbons (Fsp3) is 0.192. The average molecular weight is 399 g/mol. The molecule has 1 heterocycles. The molecule has 0 radical (unpaired) electrons. The Morgan fingerprint density at radius 3 is 2.47 bits per heavy atom. The summed E-state index contributed by atoms with van der Waals surface area (Å²) in [5.41, 5.74) is 4.32. The van der Waals surface area contributed by atoms with Crippen LogP contribution in [0.15, 0.2) is 85.1 Å². The number of hydrogen-bond donors (Lipinski definition) is 2. The molecule has 0 aliphatic rings. The zero-order valence-corrected chi connectivity index (χ0v) is 17.1. The van der Waals surface area contributed by atoms with E-state index in [4.69, 9.17) is 4.74 Å². The highest BCUT2D eigenvalue weighted by molar-refractivity contribution is 5.92. The highest BCUT2D eigenvalue weighted by Crippen LogP contribution is 2.33. The monoisotopic (exact) mass is 398 g/mol. The van der Waals surface area contributed by atoms with Gasteiger partial charge in [-0.05, 0) is 60.2 Å². The number of rotatable bonds is 8. The number of aryl methyl sites for hydroxylation is 1. The summed E-state index contributed by atoms with van der Waals surface area (Å²) in [7, 11) is 1.67. The minimum atomic E-state index is 0.0245. The summed E-state index contributed by atoms with van der Waals surface area (Å²) in [5, 5.41) is 4.14. The molecule has 0 aliphatic heterocycles. The number of carbonyl (C=O) groups is 1. The normalized spacial score (nSPS) is 11.9. The van der Waals surface area contributed by atoms with Gasteiger partial charge in [0.25, 0.3) is 0 Å². The van der Waals surface area contributed by atoms with Crippen LogP contribution in [0.25, 0.3) is 10.9 Å². The number of aromatic nitrogens is 1. The third kappa shape index (κ3) is 4.71. The fourth-order valence-electron chi connectivity index (χ4n) is 3.90. The van der Waals surface area contributed by atoms with Crippen molar-refractivity contribution in [3.05, 3.63) is 96.2 Å². The van der Waals surface area contributed by atoms with Crippen molar-refractivity contribution in [1.29, 1.82) is 0 Å². The molecule has 4 aromatic rings. The molecule has 0 spiro atoms. The largest absolute Gasteiger partial charge is 0.497 e. The van der Waals surface area contributed by atoms with Crippen LogP contribution in [0.1, 0.15) is 29.9 Å². The first-order valence-electron chi connectivity index (χ1n) is 10.3. The number of ether oxygens (including phenoxy) is 1. The molecule has 0 saturated heterocycles. The van der Waals surface area contributed by atoms with E-state index in [1.807, 2.05) is 60.8 Å². The van der Waals surface area contributed by atoms with Crippen molar-refractivity contribution in [3.63, 3.8) is 0 Å². The molecule has 1 amide bonds. The molecule has 2 N–H and O–H groups in total. The Morgan fingerprint density at radius 1 is 1.00 bits per heavy atom. The van der Waals surface area contributed by atoms with Gasteiger partial charge < -0.3 is 15.0 Å². The zero-order valence-electron chi connectivity index (χ0n) is 17.1. The van der Waals surface area contributed by atoms with Gasteiger partial charge in [0.1, 0.15) is 5.75 Å². The maximum Gasteiger partial charge on any atom is 0.224 e. The number of methoxy groups -OCH3 is 1. The maximum atomic E-state index is 12.8. The van der Waals surface area contributed by atoms with E-state index in [9.17, 15) is 4.79 Å². The molecule has 0 fully saturated rings. The van der Waals surface area contributed by atoms with Gasteiger partial charge in [0.2, 0.25) is 5.91 Å². The number of nitrogens with one attached hydrogen (secondary N) is 2. The lowest BCUT2D eigenvalue weighted by Crippen LogP contribution is -2.16. The Kier molecular flexibility index (Phi) is 6.14. The number of fused-ring (bicyclic) bond motifs is 1. The average Bonchev–Trinajstić information content (AvgIpc) is 3.21. The van der Waals surface area contributed by atoms with Gasteiger partial charge in [-0.3, -0.25) is 4.79 Å². The number of amides is 1. The van der Waals surface area contributed by atoms with Gasteiger partial charge in [0, 0.05) is 29.2 Å². The van der Waals surface area contributed by atoms with Crippen molar-refractivity contribution in [2.45, 2.75) is 25.2 Å². The van der Waals surface area contributed by atoms with Crippen LogP contribution in [0.5, 0.6) is 5.75 Å². The molecule has 0 saturated carbocycles. The molecule has 0 unspecified atom stereocenters. The topological polar surface area (TPSA) is 54.1 Å². The van der Waals surface area contributed by atoms with Crippen LogP contribution in [0.2, 0.25) is 0 Å². The molecule has 0 aliphatic carbocycles. The first-order chi connectivity index (χ1) is 14.7. The van der Waals surface area contributed by atoms with Crippen molar-refractivity contribution in [1.82, 2.24) is 4.98 Å². The maximum absolute atomic E-state index is 12.8. The Balaban J connectivity index is 1.59. The fourth-order valence-corrected chi connectivity index (χ4v) is 3.90. The summed E-state index contributed by atoms with van der Waals surface area (Å²) >= 11 is 0. The van der Waals surface area contributed by atoms with Gasteiger partial charge in [-0.1, -0.05) is 48.5 Å². The molecule has 4 nitrogen and oxygen atoms in total. The van der Waals surface area contributed by atoms with E-state index in [1.165, 1.54) is 5.56 Å². The number of hydrogen-bond acceptors (Lipinski definition) is 2. The predicted molar refractivity (Wildman–Crippen MR) is 122 cm³/mol. The van der Waals surface area contributed by atoms with E-state index < -0.39 is 0 Å². The summed E-state index contributed by atoms with van der Waals surface area (Å²) in [4.78, 5) is 16.2. The molecule has 30 heavy (non-hydrogen) atoms. The summed E-state index contributed by atoms with van der Waals surface area (Å²) < 4.78 is 5.42. The number of aromatic amines is 1. The van der Waals surface area contributed by atoms with Crippen LogP contribution in [0.3, 0.4) is 0 Å². The Hall–Kier alpha value is -3.53. The number of benzene rings is 3. The molecule has 152 valence electrons. The molecule has 1 aromatic heterocycles. The van der Waals surface area contributed by atoms with Crippen molar-refractivity contribution < 1.29 is 9.53 Å². The predicted octanol–water partition coefficient (Wildman–Crippen LogP) is 5.92. The van der Waals surface area contributed by atoms with Crippen LogP contribution in [0, 0.1) is 0 Å². The van der Waals surface area contributed by atoms with Gasteiger partial charge in [-0.15, -0.1) is 0 Å². The second-order valence-corrected chi connectivity index (χ2v) is 7.50. The van der Waals surface area contributed by atoms with E-state index in [0.29, 0.717) is 6.42 Å². The molecule has 4 heteroatoms. The van der Waals surface area contributed by atoms with E-state index in [1.54, 1.807) is 7.11 Å². The Labute approximate surface area is 176 Å². The van der Waals surface area contributed by atoms with Gasteiger partial charge in [-0.2, -0.15) is 0 Å². The molecule has 4 rings (SSSR count). The second-order valence-electron chi connectivity index (χ2n) is 7.50.